The molecule has 0 aliphatic heterocycles. The molecule has 0 radical (unpaired) electrons. The minimum atomic E-state index is -1.49. The van der Waals surface area contributed by atoms with Crippen LogP contribution in [0.3, 0.4) is 0 Å². The minimum absolute atomic E-state index is 0.128. The number of nitrogens with zero attached hydrogens (tertiary/aromatic N) is 3. The van der Waals surface area contributed by atoms with Crippen LogP contribution in [0, 0.1) is 5.92 Å². The van der Waals surface area contributed by atoms with Crippen LogP contribution in [0.5, 0.6) is 0 Å². The summed E-state index contributed by atoms with van der Waals surface area (Å²) in [6, 6.07) is 0. The molecule has 0 N–H and O–H groups in total. The highest BCUT2D eigenvalue weighted by molar-refractivity contribution is 5.03. The van der Waals surface area contributed by atoms with Gasteiger partial charge >= 0.3 is 0 Å². The van der Waals surface area contributed by atoms with Crippen molar-refractivity contribution >= 4 is 0 Å². The van der Waals surface area contributed by atoms with Gasteiger partial charge in [-0.25, -0.2) is 4.98 Å². The van der Waals surface area contributed by atoms with Gasteiger partial charge in [-0.1, -0.05) is 27.7 Å². The molecule has 0 aromatic carbocycles. The van der Waals surface area contributed by atoms with Gasteiger partial charge in [0, 0.05) is 11.9 Å². The molecule has 0 atom stereocenters. The molecular weight excluding hydrogens is 162 g/mol. The van der Waals surface area contributed by atoms with Crippen molar-refractivity contribution in [2.45, 2.75) is 46.5 Å². The summed E-state index contributed by atoms with van der Waals surface area (Å²) in [7, 11) is 0. The van der Waals surface area contributed by atoms with Gasteiger partial charge in [-0.3, -0.25) is 4.68 Å². The van der Waals surface area contributed by atoms with Crippen molar-refractivity contribution < 1.29 is 2.74 Å². The molecule has 3 nitrogen and oxygen atoms in total. The fourth-order valence-electron chi connectivity index (χ4n) is 0.924. The molecule has 0 aliphatic carbocycles. The second kappa shape index (κ2) is 3.48. The van der Waals surface area contributed by atoms with Gasteiger partial charge in [0.05, 0.1) is 2.74 Å². The number of aryl methyl sites for hydroxylation is 1. The molecule has 0 bridgehead atoms. The first-order chi connectivity index (χ1) is 6.65. The lowest BCUT2D eigenvalue weighted by atomic mass is 9.80. The molecule has 0 saturated heterocycles. The van der Waals surface area contributed by atoms with E-state index in [0.717, 1.165) is 0 Å². The van der Waals surface area contributed by atoms with Crippen molar-refractivity contribution in [3.8, 4) is 0 Å². The summed E-state index contributed by atoms with van der Waals surface area (Å²) in [5.41, 5.74) is -0.128. The zero-order valence-corrected chi connectivity index (χ0v) is 9.00. The largest absolute Gasteiger partial charge is 0.253 e. The topological polar surface area (TPSA) is 30.7 Å². The van der Waals surface area contributed by atoms with Crippen molar-refractivity contribution in [3.05, 3.63) is 12.2 Å². The van der Waals surface area contributed by atoms with E-state index >= 15 is 0 Å². The number of aromatic nitrogens is 3. The monoisotopic (exact) mass is 183 g/mol. The van der Waals surface area contributed by atoms with E-state index in [1.807, 2.05) is 0 Å². The SMILES string of the molecule is [2H]C([2H])(C)n1cnc(C(C)(C)C(C)C)n1. The van der Waals surface area contributed by atoms with Crippen LogP contribution in [0.2, 0.25) is 0 Å². The van der Waals surface area contributed by atoms with Gasteiger partial charge in [0.25, 0.3) is 0 Å². The Labute approximate surface area is 83.0 Å². The molecular formula is C10H19N3. The molecule has 3 heteroatoms. The van der Waals surface area contributed by atoms with Gasteiger partial charge in [-0.2, -0.15) is 5.10 Å². The molecule has 74 valence electrons. The molecule has 1 aromatic heterocycles. The Hall–Kier alpha value is -0.860. The maximum Gasteiger partial charge on any atom is 0.156 e. The normalized spacial score (nSPS) is 15.8. The molecule has 1 rings (SSSR count). The minimum Gasteiger partial charge on any atom is -0.253 e. The fraction of sp³-hybridized carbons (Fsp3) is 0.800. The van der Waals surface area contributed by atoms with Crippen LogP contribution in [0.15, 0.2) is 6.33 Å². The van der Waals surface area contributed by atoms with Crippen molar-refractivity contribution in [3.63, 3.8) is 0 Å². The van der Waals surface area contributed by atoms with E-state index in [9.17, 15) is 0 Å². The van der Waals surface area contributed by atoms with Gasteiger partial charge in [0.1, 0.15) is 6.33 Å². The van der Waals surface area contributed by atoms with Crippen LogP contribution < -0.4 is 0 Å². The molecule has 0 fully saturated rings. The van der Waals surface area contributed by atoms with E-state index in [0.29, 0.717) is 11.7 Å². The van der Waals surface area contributed by atoms with Crippen LogP contribution in [-0.4, -0.2) is 14.8 Å². The van der Waals surface area contributed by atoms with E-state index in [1.165, 1.54) is 17.9 Å². The Balaban J connectivity index is 3.04. The van der Waals surface area contributed by atoms with Crippen molar-refractivity contribution in [1.29, 1.82) is 0 Å². The summed E-state index contributed by atoms with van der Waals surface area (Å²) in [5.74, 6) is 1.11. The highest BCUT2D eigenvalue weighted by Crippen LogP contribution is 2.27. The maximum absolute atomic E-state index is 7.53. The van der Waals surface area contributed by atoms with Crippen LogP contribution >= 0.6 is 0 Å². The molecule has 0 saturated carbocycles. The predicted molar refractivity (Wildman–Crippen MR) is 53.6 cm³/mol. The molecule has 1 aromatic rings. The van der Waals surface area contributed by atoms with E-state index in [1.54, 1.807) is 0 Å². The lowest BCUT2D eigenvalue weighted by Crippen LogP contribution is -2.26. The summed E-state index contributed by atoms with van der Waals surface area (Å²) < 4.78 is 16.3. The van der Waals surface area contributed by atoms with Gasteiger partial charge in [0.15, 0.2) is 5.82 Å². The number of hydrogen-bond donors (Lipinski definition) is 0. The lowest BCUT2D eigenvalue weighted by Gasteiger charge is -2.25. The van der Waals surface area contributed by atoms with Crippen molar-refractivity contribution in [2.75, 3.05) is 0 Å². The van der Waals surface area contributed by atoms with Gasteiger partial charge in [0.2, 0.25) is 0 Å². The third-order valence-corrected chi connectivity index (χ3v) is 2.74. The van der Waals surface area contributed by atoms with E-state index in [2.05, 4.69) is 37.8 Å². The summed E-state index contributed by atoms with van der Waals surface area (Å²) >= 11 is 0. The molecule has 0 amide bonds. The standard InChI is InChI=1S/C10H19N3/c1-6-13-7-11-9(12-13)10(4,5)8(2)3/h7-8H,6H2,1-5H3/i6D2. The highest BCUT2D eigenvalue weighted by atomic mass is 15.3. The van der Waals surface area contributed by atoms with E-state index in [4.69, 9.17) is 2.74 Å². The van der Waals surface area contributed by atoms with Gasteiger partial charge in [-0.05, 0) is 12.8 Å². The Kier molecular flexibility index (Phi) is 2.02. The maximum atomic E-state index is 7.53. The molecule has 13 heavy (non-hydrogen) atoms. The molecule has 0 unspecified atom stereocenters. The fourth-order valence-corrected chi connectivity index (χ4v) is 0.924. The van der Waals surface area contributed by atoms with E-state index < -0.39 is 6.50 Å². The number of hydrogen-bond acceptors (Lipinski definition) is 2. The molecule has 0 aliphatic rings. The van der Waals surface area contributed by atoms with Gasteiger partial charge < -0.3 is 0 Å². The first kappa shape index (κ1) is 7.54. The summed E-state index contributed by atoms with van der Waals surface area (Å²) in [6.07, 6.45) is 1.46. The Morgan fingerprint density at radius 1 is 1.62 bits per heavy atom. The Morgan fingerprint density at radius 3 is 2.62 bits per heavy atom. The Bertz CT molecular complexity index is 337. The first-order valence-electron chi connectivity index (χ1n) is 5.58. The quantitative estimate of drug-likeness (QED) is 0.719. The Morgan fingerprint density at radius 2 is 2.23 bits per heavy atom. The third-order valence-electron chi connectivity index (χ3n) is 2.74. The van der Waals surface area contributed by atoms with Gasteiger partial charge in [-0.15, -0.1) is 0 Å². The summed E-state index contributed by atoms with van der Waals surface area (Å²) in [4.78, 5) is 4.19. The van der Waals surface area contributed by atoms with Crippen molar-refractivity contribution in [1.82, 2.24) is 14.8 Å². The molecule has 0 spiro atoms. The van der Waals surface area contributed by atoms with Crippen LogP contribution in [0.4, 0.5) is 0 Å². The lowest BCUT2D eigenvalue weighted by molar-refractivity contribution is 0.349. The first-order valence-corrected chi connectivity index (χ1v) is 4.58. The van der Waals surface area contributed by atoms with E-state index in [-0.39, 0.29) is 5.41 Å². The second-order valence-electron chi connectivity index (χ2n) is 4.11. The highest BCUT2D eigenvalue weighted by Gasteiger charge is 2.28. The zero-order valence-electron chi connectivity index (χ0n) is 11.0. The van der Waals surface area contributed by atoms with Crippen LogP contribution in [-0.2, 0) is 11.9 Å². The zero-order chi connectivity index (χ0) is 11.9. The average molecular weight is 183 g/mol. The van der Waals surface area contributed by atoms with Crippen LogP contribution in [0.25, 0.3) is 0 Å². The van der Waals surface area contributed by atoms with Crippen LogP contribution in [0.1, 0.15) is 43.2 Å². The molecule has 1 heterocycles. The predicted octanol–water partition coefficient (Wildman–Crippen LogP) is 2.23. The van der Waals surface area contributed by atoms with Crippen molar-refractivity contribution in [2.24, 2.45) is 5.92 Å². The summed E-state index contributed by atoms with van der Waals surface area (Å²) in [6.45, 7) is 8.35. The average Bonchev–Trinajstić information content (AvgIpc) is 2.50. The number of rotatable bonds is 3. The second-order valence-corrected chi connectivity index (χ2v) is 4.11. The summed E-state index contributed by atoms with van der Waals surface area (Å²) in [5, 5.41) is 4.20. The third kappa shape index (κ3) is 1.90. The smallest absolute Gasteiger partial charge is 0.156 e.